The fourth-order valence-corrected chi connectivity index (χ4v) is 4.19. The monoisotopic (exact) mass is 383 g/mol. The fourth-order valence-electron chi connectivity index (χ4n) is 2.72. The average Bonchev–Trinajstić information content (AvgIpc) is 2.73. The fraction of sp³-hybridized carbons (Fsp3) is 0.143. The van der Waals surface area contributed by atoms with Gasteiger partial charge in [0.15, 0.2) is 0 Å². The minimum Gasteiger partial charge on any atom is -0.497 e. The van der Waals surface area contributed by atoms with Gasteiger partial charge in [-0.05, 0) is 54.1 Å². The highest BCUT2D eigenvalue weighted by Crippen LogP contribution is 2.28. The number of nitrogens with zero attached hydrogens (tertiary/aromatic N) is 1. The van der Waals surface area contributed by atoms with Gasteiger partial charge in [0.2, 0.25) is 0 Å². The number of rotatable bonds is 7. The molecule has 0 amide bonds. The first-order valence-corrected chi connectivity index (χ1v) is 9.83. The van der Waals surface area contributed by atoms with E-state index in [4.69, 9.17) is 9.47 Å². The molecule has 0 heterocycles. The van der Waals surface area contributed by atoms with Crippen LogP contribution in [0, 0.1) is 0 Å². The van der Waals surface area contributed by atoms with E-state index < -0.39 is 10.0 Å². The molecule has 0 aromatic heterocycles. The van der Waals surface area contributed by atoms with E-state index in [1.54, 1.807) is 68.8 Å². The maximum atomic E-state index is 13.3. The van der Waals surface area contributed by atoms with Gasteiger partial charge in [0.25, 0.3) is 10.0 Å². The highest BCUT2D eigenvalue weighted by Gasteiger charge is 2.25. The molecule has 3 rings (SSSR count). The summed E-state index contributed by atoms with van der Waals surface area (Å²) in [5, 5.41) is 0. The summed E-state index contributed by atoms with van der Waals surface area (Å²) in [5.41, 5.74) is 1.38. The summed E-state index contributed by atoms with van der Waals surface area (Å²) < 4.78 is 38.4. The van der Waals surface area contributed by atoms with Crippen molar-refractivity contribution in [2.45, 2.75) is 11.4 Å². The summed E-state index contributed by atoms with van der Waals surface area (Å²) in [7, 11) is -0.582. The summed E-state index contributed by atoms with van der Waals surface area (Å²) in [6.45, 7) is 0.181. The highest BCUT2D eigenvalue weighted by molar-refractivity contribution is 7.92. The van der Waals surface area contributed by atoms with Crippen molar-refractivity contribution in [2.24, 2.45) is 0 Å². The molecule has 0 aliphatic carbocycles. The zero-order chi connectivity index (χ0) is 19.3. The van der Waals surface area contributed by atoms with Gasteiger partial charge in [-0.2, -0.15) is 0 Å². The van der Waals surface area contributed by atoms with Crippen molar-refractivity contribution >= 4 is 15.7 Å². The van der Waals surface area contributed by atoms with E-state index in [0.717, 1.165) is 5.56 Å². The molecule has 0 aliphatic heterocycles. The van der Waals surface area contributed by atoms with Crippen LogP contribution >= 0.6 is 0 Å². The van der Waals surface area contributed by atoms with Crippen molar-refractivity contribution in [1.82, 2.24) is 0 Å². The number of benzene rings is 3. The van der Waals surface area contributed by atoms with Crippen molar-refractivity contribution in [1.29, 1.82) is 0 Å². The van der Waals surface area contributed by atoms with Gasteiger partial charge in [-0.25, -0.2) is 8.42 Å². The summed E-state index contributed by atoms with van der Waals surface area (Å²) in [5.74, 6) is 1.34. The first-order chi connectivity index (χ1) is 13.0. The molecule has 0 radical (unpaired) electrons. The van der Waals surface area contributed by atoms with E-state index >= 15 is 0 Å². The van der Waals surface area contributed by atoms with Gasteiger partial charge in [0.1, 0.15) is 11.5 Å². The lowest BCUT2D eigenvalue weighted by atomic mass is 10.2. The molecule has 0 aliphatic rings. The highest BCUT2D eigenvalue weighted by atomic mass is 32.2. The Morgan fingerprint density at radius 3 is 2.07 bits per heavy atom. The van der Waals surface area contributed by atoms with Crippen molar-refractivity contribution in [2.75, 3.05) is 18.5 Å². The summed E-state index contributed by atoms with van der Waals surface area (Å²) in [6.07, 6.45) is 0. The van der Waals surface area contributed by atoms with E-state index in [1.807, 2.05) is 24.3 Å². The molecular formula is C21H21NO4S. The number of hydrogen-bond acceptors (Lipinski definition) is 4. The van der Waals surface area contributed by atoms with Crippen LogP contribution in [-0.4, -0.2) is 22.6 Å². The molecule has 6 heteroatoms. The molecule has 0 saturated heterocycles. The number of ether oxygens (including phenoxy) is 2. The first kappa shape index (κ1) is 18.8. The van der Waals surface area contributed by atoms with E-state index in [1.165, 1.54) is 4.31 Å². The van der Waals surface area contributed by atoms with Crippen LogP contribution in [0.4, 0.5) is 5.69 Å². The summed E-state index contributed by atoms with van der Waals surface area (Å²) >= 11 is 0. The van der Waals surface area contributed by atoms with Gasteiger partial charge < -0.3 is 9.47 Å². The second kappa shape index (κ2) is 8.14. The third-order valence-electron chi connectivity index (χ3n) is 4.15. The predicted molar refractivity (Wildman–Crippen MR) is 106 cm³/mol. The minimum atomic E-state index is -3.74. The van der Waals surface area contributed by atoms with Crippen LogP contribution in [0.2, 0.25) is 0 Å². The summed E-state index contributed by atoms with van der Waals surface area (Å²) in [6, 6.07) is 22.7. The maximum absolute atomic E-state index is 13.3. The van der Waals surface area contributed by atoms with Crippen LogP contribution in [-0.2, 0) is 16.6 Å². The number of anilines is 1. The van der Waals surface area contributed by atoms with Gasteiger partial charge in [0.05, 0.1) is 31.3 Å². The molecule has 3 aromatic carbocycles. The molecule has 0 spiro atoms. The Labute approximate surface area is 159 Å². The van der Waals surface area contributed by atoms with Crippen LogP contribution in [0.5, 0.6) is 11.5 Å². The van der Waals surface area contributed by atoms with Crippen molar-refractivity contribution in [3.05, 3.63) is 84.4 Å². The van der Waals surface area contributed by atoms with Gasteiger partial charge in [-0.1, -0.05) is 30.3 Å². The van der Waals surface area contributed by atoms with Crippen molar-refractivity contribution in [3.63, 3.8) is 0 Å². The zero-order valence-electron chi connectivity index (χ0n) is 15.2. The van der Waals surface area contributed by atoms with Crippen LogP contribution in [0.3, 0.4) is 0 Å². The molecule has 27 heavy (non-hydrogen) atoms. The second-order valence-corrected chi connectivity index (χ2v) is 7.74. The molecule has 0 unspecified atom stereocenters. The number of sulfonamides is 1. The molecular weight excluding hydrogens is 362 g/mol. The third-order valence-corrected chi connectivity index (χ3v) is 5.94. The Morgan fingerprint density at radius 2 is 1.44 bits per heavy atom. The van der Waals surface area contributed by atoms with E-state index in [-0.39, 0.29) is 11.4 Å². The van der Waals surface area contributed by atoms with Crippen molar-refractivity contribution < 1.29 is 17.9 Å². The third kappa shape index (κ3) is 4.23. The predicted octanol–water partition coefficient (Wildman–Crippen LogP) is 4.10. The Kier molecular flexibility index (Phi) is 5.66. The average molecular weight is 383 g/mol. The molecule has 0 saturated carbocycles. The summed E-state index contributed by atoms with van der Waals surface area (Å²) in [4.78, 5) is 0.240. The molecule has 0 atom stereocenters. The molecule has 0 fully saturated rings. The van der Waals surface area contributed by atoms with E-state index in [9.17, 15) is 8.42 Å². The van der Waals surface area contributed by atoms with Crippen LogP contribution in [0.15, 0.2) is 83.8 Å². The Balaban J connectivity index is 2.05. The largest absolute Gasteiger partial charge is 0.497 e. The van der Waals surface area contributed by atoms with Gasteiger partial charge in [-0.3, -0.25) is 4.31 Å². The SMILES string of the molecule is COc1ccc(N(Cc2cccc(OC)c2)S(=O)(=O)c2ccccc2)cc1. The van der Waals surface area contributed by atoms with E-state index in [2.05, 4.69) is 0 Å². The first-order valence-electron chi connectivity index (χ1n) is 8.39. The molecule has 0 N–H and O–H groups in total. The Bertz CT molecular complexity index is 986. The molecule has 3 aromatic rings. The number of hydrogen-bond donors (Lipinski definition) is 0. The minimum absolute atomic E-state index is 0.181. The van der Waals surface area contributed by atoms with Crippen LogP contribution in [0.1, 0.15) is 5.56 Å². The Morgan fingerprint density at radius 1 is 0.778 bits per heavy atom. The van der Waals surface area contributed by atoms with Gasteiger partial charge in [0, 0.05) is 0 Å². The quantitative estimate of drug-likeness (QED) is 0.616. The lowest BCUT2D eigenvalue weighted by molar-refractivity contribution is 0.414. The van der Waals surface area contributed by atoms with Crippen LogP contribution in [0.25, 0.3) is 0 Å². The Hall–Kier alpha value is -2.99. The molecule has 0 bridgehead atoms. The van der Waals surface area contributed by atoms with Gasteiger partial charge in [-0.15, -0.1) is 0 Å². The lowest BCUT2D eigenvalue weighted by Crippen LogP contribution is -2.30. The normalized spacial score (nSPS) is 11.0. The topological polar surface area (TPSA) is 55.8 Å². The van der Waals surface area contributed by atoms with Crippen LogP contribution < -0.4 is 13.8 Å². The smallest absolute Gasteiger partial charge is 0.264 e. The maximum Gasteiger partial charge on any atom is 0.264 e. The molecule has 5 nitrogen and oxygen atoms in total. The van der Waals surface area contributed by atoms with Gasteiger partial charge >= 0.3 is 0 Å². The lowest BCUT2D eigenvalue weighted by Gasteiger charge is -2.25. The zero-order valence-corrected chi connectivity index (χ0v) is 16.0. The number of methoxy groups -OCH3 is 2. The standard InChI is InChI=1S/C21H21NO4S/c1-25-19-13-11-18(12-14-19)22(16-17-7-6-8-20(15-17)26-2)27(23,24)21-9-4-3-5-10-21/h3-15H,16H2,1-2H3. The molecule has 140 valence electrons. The second-order valence-electron chi connectivity index (χ2n) is 5.87. The van der Waals surface area contributed by atoms with Crippen molar-refractivity contribution in [3.8, 4) is 11.5 Å². The van der Waals surface area contributed by atoms with E-state index in [0.29, 0.717) is 17.2 Å².